The molecule has 1 N–H and O–H groups in total. The van der Waals surface area contributed by atoms with E-state index in [9.17, 15) is 5.11 Å². The van der Waals surface area contributed by atoms with Gasteiger partial charge in [-0.15, -0.1) is 5.92 Å². The Morgan fingerprint density at radius 2 is 1.90 bits per heavy atom. The summed E-state index contributed by atoms with van der Waals surface area (Å²) >= 11 is 0. The Morgan fingerprint density at radius 1 is 1.10 bits per heavy atom. The van der Waals surface area contributed by atoms with Crippen LogP contribution in [0.3, 0.4) is 0 Å². The van der Waals surface area contributed by atoms with E-state index in [0.29, 0.717) is 28.3 Å². The number of rotatable bonds is 4. The highest BCUT2D eigenvalue weighted by molar-refractivity contribution is 5.26. The van der Waals surface area contributed by atoms with E-state index in [-0.39, 0.29) is 5.92 Å². The van der Waals surface area contributed by atoms with Gasteiger partial charge in [0.05, 0.1) is 6.10 Å². The molecule has 0 aromatic rings. The van der Waals surface area contributed by atoms with Crippen LogP contribution in [0.5, 0.6) is 0 Å². The van der Waals surface area contributed by atoms with E-state index in [2.05, 4.69) is 39.5 Å². The molecule has 0 amide bonds. The fourth-order valence-corrected chi connectivity index (χ4v) is 10.1. The molecule has 2 nitrogen and oxygen atoms in total. The number of fused-ring (bicyclic) bond motifs is 4. The van der Waals surface area contributed by atoms with Gasteiger partial charge in [-0.05, 0) is 104 Å². The third kappa shape index (κ3) is 2.64. The van der Waals surface area contributed by atoms with Crippen LogP contribution in [0.25, 0.3) is 0 Å². The van der Waals surface area contributed by atoms with Gasteiger partial charge in [0.15, 0.2) is 0 Å². The molecule has 0 aromatic carbocycles. The summed E-state index contributed by atoms with van der Waals surface area (Å²) in [5, 5.41) is 10.8. The molecule has 0 unspecified atom stereocenters. The first-order valence-electron chi connectivity index (χ1n) is 13.0. The summed E-state index contributed by atoms with van der Waals surface area (Å²) in [6, 6.07) is 0. The van der Waals surface area contributed by atoms with Crippen LogP contribution < -0.4 is 0 Å². The summed E-state index contributed by atoms with van der Waals surface area (Å²) in [5.41, 5.74) is 1.40. The largest absolute Gasteiger partial charge is 0.381 e. The van der Waals surface area contributed by atoms with Gasteiger partial charge in [0.2, 0.25) is 0 Å². The van der Waals surface area contributed by atoms with Gasteiger partial charge < -0.3 is 9.84 Å². The van der Waals surface area contributed by atoms with Crippen LogP contribution in [-0.2, 0) is 4.74 Å². The first-order chi connectivity index (χ1) is 14.3. The lowest BCUT2D eigenvalue weighted by Crippen LogP contribution is -2.57. The van der Waals surface area contributed by atoms with Crippen molar-refractivity contribution in [2.45, 2.75) is 104 Å². The van der Waals surface area contributed by atoms with Crippen LogP contribution in [0.2, 0.25) is 0 Å². The highest BCUT2D eigenvalue weighted by atomic mass is 16.5. The molecule has 0 radical (unpaired) electrons. The van der Waals surface area contributed by atoms with Crippen LogP contribution >= 0.6 is 0 Å². The van der Waals surface area contributed by atoms with E-state index in [0.717, 1.165) is 36.5 Å². The molecule has 5 aliphatic carbocycles. The fraction of sp³-hybridized carbons (Fsp3) is 0.929. The first kappa shape index (κ1) is 21.3. The molecule has 0 saturated heterocycles. The van der Waals surface area contributed by atoms with Crippen LogP contribution in [0, 0.1) is 63.6 Å². The zero-order valence-corrected chi connectivity index (χ0v) is 20.0. The predicted octanol–water partition coefficient (Wildman–Crippen LogP) is 6.07. The molecule has 168 valence electrons. The Kier molecular flexibility index (Phi) is 5.15. The number of aliphatic hydroxyl groups is 1. The lowest BCUT2D eigenvalue weighted by Gasteiger charge is -2.61. The normalized spacial score (nSPS) is 52.9. The zero-order chi connectivity index (χ0) is 21.3. The van der Waals surface area contributed by atoms with Crippen molar-refractivity contribution in [1.82, 2.24) is 0 Å². The molecule has 0 aromatic heterocycles. The van der Waals surface area contributed by atoms with Crippen molar-refractivity contribution in [2.24, 2.45) is 51.8 Å². The van der Waals surface area contributed by atoms with Gasteiger partial charge in [-0.1, -0.05) is 33.6 Å². The number of aliphatic hydroxyl groups excluding tert-OH is 1. The fourth-order valence-electron chi connectivity index (χ4n) is 10.1. The van der Waals surface area contributed by atoms with Gasteiger partial charge in [0.25, 0.3) is 0 Å². The van der Waals surface area contributed by atoms with Crippen molar-refractivity contribution in [2.75, 3.05) is 7.11 Å². The van der Waals surface area contributed by atoms with E-state index in [1.807, 2.05) is 7.11 Å². The van der Waals surface area contributed by atoms with Gasteiger partial charge in [0, 0.05) is 18.9 Å². The number of hydrogen-bond donors (Lipinski definition) is 1. The molecule has 0 bridgehead atoms. The summed E-state index contributed by atoms with van der Waals surface area (Å²) in [4.78, 5) is 0. The Balaban J connectivity index is 1.39. The summed E-state index contributed by atoms with van der Waals surface area (Å²) < 4.78 is 6.25. The van der Waals surface area contributed by atoms with E-state index < -0.39 is 6.10 Å². The van der Waals surface area contributed by atoms with Crippen molar-refractivity contribution >= 4 is 0 Å². The highest BCUT2D eigenvalue weighted by Crippen LogP contribution is 2.82. The molecule has 5 aliphatic rings. The molecular formula is C28H44O2. The van der Waals surface area contributed by atoms with Crippen molar-refractivity contribution < 1.29 is 9.84 Å². The minimum atomic E-state index is -0.462. The maximum atomic E-state index is 10.8. The van der Waals surface area contributed by atoms with Crippen molar-refractivity contribution in [3.63, 3.8) is 0 Å². The van der Waals surface area contributed by atoms with Crippen LogP contribution in [0.15, 0.2) is 0 Å². The average molecular weight is 413 g/mol. The smallest absolute Gasteiger partial charge is 0.117 e. The van der Waals surface area contributed by atoms with Gasteiger partial charge >= 0.3 is 0 Å². The molecule has 0 aliphatic heterocycles. The monoisotopic (exact) mass is 412 g/mol. The molecule has 5 fully saturated rings. The Labute approximate surface area is 184 Å². The number of ether oxygens (including phenoxy) is 1. The third-order valence-electron chi connectivity index (χ3n) is 11.7. The van der Waals surface area contributed by atoms with Crippen molar-refractivity contribution in [3.8, 4) is 11.8 Å². The van der Waals surface area contributed by atoms with Gasteiger partial charge in [-0.25, -0.2) is 0 Å². The first-order valence-corrected chi connectivity index (χ1v) is 13.0. The maximum Gasteiger partial charge on any atom is 0.117 e. The number of hydrogen-bond acceptors (Lipinski definition) is 2. The molecule has 5 saturated carbocycles. The minimum absolute atomic E-state index is 0.281. The molecule has 2 heteroatoms. The van der Waals surface area contributed by atoms with Gasteiger partial charge in [-0.2, -0.15) is 0 Å². The second-order valence-electron chi connectivity index (χ2n) is 12.3. The van der Waals surface area contributed by atoms with Crippen LogP contribution in [-0.4, -0.2) is 24.4 Å². The summed E-state index contributed by atoms with van der Waals surface area (Å²) in [6.07, 6.45) is 13.0. The maximum absolute atomic E-state index is 10.8. The van der Waals surface area contributed by atoms with Crippen molar-refractivity contribution in [3.05, 3.63) is 0 Å². The average Bonchev–Trinajstić information content (AvgIpc) is 3.24. The molecule has 1 spiro atoms. The minimum Gasteiger partial charge on any atom is -0.381 e. The van der Waals surface area contributed by atoms with E-state index in [1.54, 1.807) is 0 Å². The third-order valence-corrected chi connectivity index (χ3v) is 11.7. The number of methoxy groups -OCH3 is 1. The second kappa shape index (κ2) is 7.25. The summed E-state index contributed by atoms with van der Waals surface area (Å²) in [6.45, 7) is 9.67. The topological polar surface area (TPSA) is 29.5 Å². The quantitative estimate of drug-likeness (QED) is 0.568. The molecule has 30 heavy (non-hydrogen) atoms. The van der Waals surface area contributed by atoms with E-state index in [1.165, 1.54) is 51.4 Å². The zero-order valence-electron chi connectivity index (χ0n) is 20.0. The van der Waals surface area contributed by atoms with Gasteiger partial charge in [-0.3, -0.25) is 0 Å². The van der Waals surface area contributed by atoms with Gasteiger partial charge in [0.1, 0.15) is 6.10 Å². The van der Waals surface area contributed by atoms with Crippen LogP contribution in [0.1, 0.15) is 91.9 Å². The SMILES string of the molecule is CCCC#C[C@H](O)[C@@H](C)[C@H]1CC[C@H]2[C@@H]3C[C@@H](OC)[C@]45C[C@@H]4CC[C@]5(C)[C@H]3CC[C@]12C. The molecule has 5 rings (SSSR count). The summed E-state index contributed by atoms with van der Waals surface area (Å²) in [7, 11) is 1.99. The van der Waals surface area contributed by atoms with Crippen molar-refractivity contribution in [1.29, 1.82) is 0 Å². The molecular weight excluding hydrogens is 368 g/mol. The Hall–Kier alpha value is -0.520. The van der Waals surface area contributed by atoms with E-state index >= 15 is 0 Å². The lowest BCUT2D eigenvalue weighted by molar-refractivity contribution is -0.162. The van der Waals surface area contributed by atoms with E-state index in [4.69, 9.17) is 4.74 Å². The van der Waals surface area contributed by atoms with Crippen LogP contribution in [0.4, 0.5) is 0 Å². The Morgan fingerprint density at radius 3 is 2.60 bits per heavy atom. The Bertz CT molecular complexity index is 735. The lowest BCUT2D eigenvalue weighted by atomic mass is 9.45. The number of unbranched alkanes of at least 4 members (excludes halogenated alkanes) is 1. The highest BCUT2D eigenvalue weighted by Gasteiger charge is 2.77. The standard InChI is InChI=1S/C28H44O2/c1-6-7-8-9-24(29)18(2)21-10-11-22-20-16-25(30-5)28-17-19(28)12-15-27(28,4)23(20)13-14-26(21,22)3/h18-25,29H,6-7,10-17H2,1-5H3/t18-,19-,20-,21+,22-,23-,24-,25+,26+,27+,28-/m0/s1. The molecule has 11 atom stereocenters. The predicted molar refractivity (Wildman–Crippen MR) is 122 cm³/mol. The molecule has 0 heterocycles. The summed E-state index contributed by atoms with van der Waals surface area (Å²) in [5.74, 6) is 10.8. The second-order valence-corrected chi connectivity index (χ2v) is 12.3.